The summed E-state index contributed by atoms with van der Waals surface area (Å²) in [5.74, 6) is -0.618. The Hall–Kier alpha value is -0.900. The highest BCUT2D eigenvalue weighted by Crippen LogP contribution is 2.15. The summed E-state index contributed by atoms with van der Waals surface area (Å²) < 4.78 is 35.5. The molecule has 1 rings (SSSR count). The molecule has 0 aliphatic rings. The highest BCUT2D eigenvalue weighted by Gasteiger charge is 2.11. The third kappa shape index (κ3) is 2.80. The number of halogens is 1. The summed E-state index contributed by atoms with van der Waals surface area (Å²) in [4.78, 5) is 0. The first kappa shape index (κ1) is 11.2. The second kappa shape index (κ2) is 4.09. The van der Waals surface area contributed by atoms with Crippen LogP contribution in [0.1, 0.15) is 18.1 Å². The average Bonchev–Trinajstić information content (AvgIpc) is 2.06. The van der Waals surface area contributed by atoms with E-state index in [0.717, 1.165) is 6.26 Å². The molecule has 0 aliphatic heterocycles. The number of sulfone groups is 1. The van der Waals surface area contributed by atoms with Crippen LogP contribution in [0.2, 0.25) is 0 Å². The number of hydrogen-bond acceptors (Lipinski definition) is 2. The summed E-state index contributed by atoms with van der Waals surface area (Å²) in [6.07, 6.45) is 1.68. The van der Waals surface area contributed by atoms with Crippen molar-refractivity contribution in [3.8, 4) is 0 Å². The van der Waals surface area contributed by atoms with E-state index in [0.29, 0.717) is 12.0 Å². The van der Waals surface area contributed by atoms with E-state index in [-0.39, 0.29) is 17.1 Å². The molecule has 1 aromatic carbocycles. The summed E-state index contributed by atoms with van der Waals surface area (Å²) in [6, 6.07) is 4.86. The fourth-order valence-electron chi connectivity index (χ4n) is 1.30. The third-order valence-corrected chi connectivity index (χ3v) is 2.79. The van der Waals surface area contributed by atoms with Crippen LogP contribution in [0.15, 0.2) is 18.2 Å². The van der Waals surface area contributed by atoms with Crippen molar-refractivity contribution in [2.75, 3.05) is 6.26 Å². The lowest BCUT2D eigenvalue weighted by molar-refractivity contribution is 0.586. The van der Waals surface area contributed by atoms with E-state index in [9.17, 15) is 12.8 Å². The van der Waals surface area contributed by atoms with Gasteiger partial charge < -0.3 is 0 Å². The first-order valence-corrected chi connectivity index (χ1v) is 6.44. The molecule has 0 aliphatic carbocycles. The first-order chi connectivity index (χ1) is 6.44. The van der Waals surface area contributed by atoms with Gasteiger partial charge in [-0.3, -0.25) is 0 Å². The van der Waals surface area contributed by atoms with Crippen LogP contribution in [0.25, 0.3) is 0 Å². The predicted molar refractivity (Wildman–Crippen MR) is 54.3 cm³/mol. The SMILES string of the molecule is CCc1cccc(CS(C)(=O)=O)c1F. The molecule has 4 heteroatoms. The summed E-state index contributed by atoms with van der Waals surface area (Å²) in [6.45, 7) is 1.84. The van der Waals surface area contributed by atoms with Crippen molar-refractivity contribution in [3.05, 3.63) is 35.1 Å². The van der Waals surface area contributed by atoms with Crippen LogP contribution in [0.4, 0.5) is 4.39 Å². The lowest BCUT2D eigenvalue weighted by Crippen LogP contribution is -2.04. The second-order valence-corrected chi connectivity index (χ2v) is 5.45. The zero-order chi connectivity index (χ0) is 10.8. The van der Waals surface area contributed by atoms with Crippen LogP contribution < -0.4 is 0 Å². The minimum atomic E-state index is -3.16. The average molecular weight is 216 g/mol. The van der Waals surface area contributed by atoms with Gasteiger partial charge >= 0.3 is 0 Å². The molecule has 0 aromatic heterocycles. The lowest BCUT2D eigenvalue weighted by atomic mass is 10.1. The van der Waals surface area contributed by atoms with Gasteiger partial charge in [-0.05, 0) is 12.0 Å². The van der Waals surface area contributed by atoms with Gasteiger partial charge in [-0.1, -0.05) is 25.1 Å². The van der Waals surface area contributed by atoms with E-state index < -0.39 is 9.84 Å². The van der Waals surface area contributed by atoms with Gasteiger partial charge in [0.2, 0.25) is 0 Å². The molecule has 0 amide bonds. The Morgan fingerprint density at radius 3 is 2.36 bits per heavy atom. The molecule has 0 spiro atoms. The van der Waals surface area contributed by atoms with Crippen molar-refractivity contribution in [1.82, 2.24) is 0 Å². The van der Waals surface area contributed by atoms with Crippen molar-refractivity contribution >= 4 is 9.84 Å². The maximum Gasteiger partial charge on any atom is 0.151 e. The Morgan fingerprint density at radius 1 is 1.29 bits per heavy atom. The highest BCUT2D eigenvalue weighted by atomic mass is 32.2. The minimum Gasteiger partial charge on any atom is -0.229 e. The van der Waals surface area contributed by atoms with Crippen LogP contribution in [-0.2, 0) is 22.0 Å². The van der Waals surface area contributed by atoms with E-state index in [1.165, 1.54) is 6.07 Å². The zero-order valence-corrected chi connectivity index (χ0v) is 9.07. The van der Waals surface area contributed by atoms with Crippen LogP contribution in [-0.4, -0.2) is 14.7 Å². The van der Waals surface area contributed by atoms with Gasteiger partial charge in [-0.15, -0.1) is 0 Å². The van der Waals surface area contributed by atoms with Crippen molar-refractivity contribution in [2.24, 2.45) is 0 Å². The number of benzene rings is 1. The normalized spacial score (nSPS) is 11.6. The zero-order valence-electron chi connectivity index (χ0n) is 8.25. The monoisotopic (exact) mass is 216 g/mol. The number of rotatable bonds is 3. The standard InChI is InChI=1S/C10H13FO2S/c1-3-8-5-4-6-9(10(8)11)7-14(2,12)13/h4-6H,3,7H2,1-2H3. The van der Waals surface area contributed by atoms with Crippen LogP contribution in [0.5, 0.6) is 0 Å². The quantitative estimate of drug-likeness (QED) is 0.773. The molecule has 0 atom stereocenters. The molecule has 14 heavy (non-hydrogen) atoms. The van der Waals surface area contributed by atoms with Gasteiger partial charge in [0.1, 0.15) is 5.82 Å². The summed E-state index contributed by atoms with van der Waals surface area (Å²) in [7, 11) is -3.16. The van der Waals surface area contributed by atoms with E-state index in [4.69, 9.17) is 0 Å². The van der Waals surface area contributed by atoms with E-state index in [1.807, 2.05) is 6.92 Å². The molecule has 2 nitrogen and oxygen atoms in total. The lowest BCUT2D eigenvalue weighted by Gasteiger charge is -2.05. The fourth-order valence-corrected chi connectivity index (χ4v) is 2.09. The van der Waals surface area contributed by atoms with E-state index in [2.05, 4.69) is 0 Å². The molecule has 0 fully saturated rings. The molecule has 78 valence electrons. The van der Waals surface area contributed by atoms with Crippen LogP contribution in [0, 0.1) is 5.82 Å². The van der Waals surface area contributed by atoms with Gasteiger partial charge in [-0.2, -0.15) is 0 Å². The highest BCUT2D eigenvalue weighted by molar-refractivity contribution is 7.89. The van der Waals surface area contributed by atoms with Crippen molar-refractivity contribution in [3.63, 3.8) is 0 Å². The molecule has 0 N–H and O–H groups in total. The molecular formula is C10H13FO2S. The maximum atomic E-state index is 13.5. The largest absolute Gasteiger partial charge is 0.229 e. The minimum absolute atomic E-state index is 0.229. The Balaban J connectivity index is 3.10. The fraction of sp³-hybridized carbons (Fsp3) is 0.400. The number of hydrogen-bond donors (Lipinski definition) is 0. The van der Waals surface area contributed by atoms with Gasteiger partial charge in [0.05, 0.1) is 5.75 Å². The topological polar surface area (TPSA) is 34.1 Å². The Bertz CT molecular complexity index is 424. The Kier molecular flexibility index (Phi) is 3.26. The molecule has 0 radical (unpaired) electrons. The molecule has 0 saturated heterocycles. The molecule has 0 unspecified atom stereocenters. The van der Waals surface area contributed by atoms with E-state index in [1.54, 1.807) is 12.1 Å². The van der Waals surface area contributed by atoms with Gasteiger partial charge in [0, 0.05) is 11.8 Å². The molecule has 1 aromatic rings. The molecular weight excluding hydrogens is 203 g/mol. The molecule has 0 saturated carbocycles. The Morgan fingerprint density at radius 2 is 1.86 bits per heavy atom. The Labute approximate surface area is 83.7 Å². The van der Waals surface area contributed by atoms with Gasteiger partial charge in [0.15, 0.2) is 9.84 Å². The van der Waals surface area contributed by atoms with Crippen molar-refractivity contribution in [2.45, 2.75) is 19.1 Å². The number of aryl methyl sites for hydroxylation is 1. The van der Waals surface area contributed by atoms with Crippen molar-refractivity contribution in [1.29, 1.82) is 0 Å². The summed E-state index contributed by atoms with van der Waals surface area (Å²) in [5.41, 5.74) is 0.818. The van der Waals surface area contributed by atoms with Crippen molar-refractivity contribution < 1.29 is 12.8 Å². The molecule has 0 bridgehead atoms. The second-order valence-electron chi connectivity index (χ2n) is 3.31. The first-order valence-electron chi connectivity index (χ1n) is 4.38. The van der Waals surface area contributed by atoms with Crippen LogP contribution >= 0.6 is 0 Å². The third-order valence-electron chi connectivity index (χ3n) is 1.96. The van der Waals surface area contributed by atoms with E-state index >= 15 is 0 Å². The van der Waals surface area contributed by atoms with Gasteiger partial charge in [0.25, 0.3) is 0 Å². The van der Waals surface area contributed by atoms with Gasteiger partial charge in [-0.25, -0.2) is 12.8 Å². The smallest absolute Gasteiger partial charge is 0.151 e. The van der Waals surface area contributed by atoms with Crippen LogP contribution in [0.3, 0.4) is 0 Å². The summed E-state index contributed by atoms with van der Waals surface area (Å²) in [5, 5.41) is 0. The molecule has 0 heterocycles. The summed E-state index contributed by atoms with van der Waals surface area (Å²) >= 11 is 0. The maximum absolute atomic E-state index is 13.5. The predicted octanol–water partition coefficient (Wildman–Crippen LogP) is 1.93.